The zero-order valence-electron chi connectivity index (χ0n) is 18.5. The second kappa shape index (κ2) is 8.37. The van der Waals surface area contributed by atoms with Gasteiger partial charge < -0.3 is 9.88 Å². The normalized spacial score (nSPS) is 13.1. The van der Waals surface area contributed by atoms with E-state index >= 15 is 0 Å². The maximum Gasteiger partial charge on any atom is 0.266 e. The molecule has 8 nitrogen and oxygen atoms in total. The Hall–Kier alpha value is -3.81. The first kappa shape index (κ1) is 21.4. The van der Waals surface area contributed by atoms with Crippen LogP contribution in [0.3, 0.4) is 0 Å². The molecule has 0 radical (unpaired) electrons. The van der Waals surface area contributed by atoms with Crippen molar-refractivity contribution in [3.05, 3.63) is 76.4 Å². The van der Waals surface area contributed by atoms with Gasteiger partial charge in [0.2, 0.25) is 0 Å². The largest absolute Gasteiger partial charge is 0.352 e. The number of imide groups is 1. The number of benzene rings is 2. The number of carbonyl (C=O) groups is 3. The molecule has 3 amide bonds. The molecule has 1 N–H and O–H groups in total. The standard InChI is InChI=1S/C24H25N5O3/c1-14(2)28-13-26-27-21(28)9-10-25-22(30)17-7-8-18-19(12-17)24(32)29(23(18)31)20-11-15(3)5-6-16(20)4/h5-8,11-14H,9-10H2,1-4H3,(H,25,30). The summed E-state index contributed by atoms with van der Waals surface area (Å²) in [5, 5.41) is 10.9. The van der Waals surface area contributed by atoms with Crippen molar-refractivity contribution in [3.63, 3.8) is 0 Å². The number of amides is 3. The molecule has 32 heavy (non-hydrogen) atoms. The average Bonchev–Trinajstić information content (AvgIpc) is 3.33. The summed E-state index contributed by atoms with van der Waals surface area (Å²) >= 11 is 0. The van der Waals surface area contributed by atoms with Crippen LogP contribution in [-0.4, -0.2) is 39.0 Å². The van der Waals surface area contributed by atoms with Crippen LogP contribution in [0.1, 0.15) is 67.9 Å². The zero-order chi connectivity index (χ0) is 23.0. The summed E-state index contributed by atoms with van der Waals surface area (Å²) < 4.78 is 1.95. The van der Waals surface area contributed by atoms with Crippen molar-refractivity contribution in [1.29, 1.82) is 0 Å². The molecule has 164 valence electrons. The van der Waals surface area contributed by atoms with E-state index in [9.17, 15) is 14.4 Å². The fourth-order valence-corrected chi connectivity index (χ4v) is 3.83. The number of nitrogens with zero attached hydrogens (tertiary/aromatic N) is 4. The van der Waals surface area contributed by atoms with Gasteiger partial charge >= 0.3 is 0 Å². The molecule has 0 fully saturated rings. The van der Waals surface area contributed by atoms with Gasteiger partial charge in [-0.2, -0.15) is 0 Å². The van der Waals surface area contributed by atoms with Crippen LogP contribution in [-0.2, 0) is 6.42 Å². The lowest BCUT2D eigenvalue weighted by molar-refractivity contribution is 0.0923. The fraction of sp³-hybridized carbons (Fsp3) is 0.292. The number of carbonyl (C=O) groups excluding carboxylic acids is 3. The van der Waals surface area contributed by atoms with E-state index in [-0.39, 0.29) is 23.4 Å². The topological polar surface area (TPSA) is 97.2 Å². The fourth-order valence-electron chi connectivity index (χ4n) is 3.83. The van der Waals surface area contributed by atoms with Gasteiger partial charge in [0.05, 0.1) is 16.8 Å². The van der Waals surface area contributed by atoms with Crippen LogP contribution in [0.5, 0.6) is 0 Å². The molecule has 0 aliphatic carbocycles. The number of hydrogen-bond acceptors (Lipinski definition) is 5. The lowest BCUT2D eigenvalue weighted by atomic mass is 10.1. The summed E-state index contributed by atoms with van der Waals surface area (Å²) in [6, 6.07) is 10.5. The molecule has 8 heteroatoms. The highest BCUT2D eigenvalue weighted by molar-refractivity contribution is 6.35. The maximum absolute atomic E-state index is 13.1. The highest BCUT2D eigenvalue weighted by Crippen LogP contribution is 2.31. The quantitative estimate of drug-likeness (QED) is 0.604. The van der Waals surface area contributed by atoms with E-state index in [1.54, 1.807) is 18.5 Å². The Morgan fingerprint density at radius 1 is 1.03 bits per heavy atom. The van der Waals surface area contributed by atoms with Crippen LogP contribution in [0.2, 0.25) is 0 Å². The molecule has 0 saturated heterocycles. The monoisotopic (exact) mass is 431 g/mol. The van der Waals surface area contributed by atoms with Crippen LogP contribution >= 0.6 is 0 Å². The van der Waals surface area contributed by atoms with Gasteiger partial charge in [-0.1, -0.05) is 12.1 Å². The number of rotatable bonds is 6. The minimum atomic E-state index is -0.418. The molecule has 2 heterocycles. The van der Waals surface area contributed by atoms with Gasteiger partial charge in [0.15, 0.2) is 0 Å². The maximum atomic E-state index is 13.1. The van der Waals surface area contributed by atoms with Crippen LogP contribution in [0.15, 0.2) is 42.7 Å². The second-order valence-electron chi connectivity index (χ2n) is 8.25. The Balaban J connectivity index is 1.50. The molecule has 1 aliphatic heterocycles. The first-order valence-electron chi connectivity index (χ1n) is 10.5. The lowest BCUT2D eigenvalue weighted by Crippen LogP contribution is -2.30. The van der Waals surface area contributed by atoms with Crippen LogP contribution in [0.4, 0.5) is 5.69 Å². The third-order valence-corrected chi connectivity index (χ3v) is 5.59. The van der Waals surface area contributed by atoms with Crippen molar-refractivity contribution in [2.24, 2.45) is 0 Å². The molecular weight excluding hydrogens is 406 g/mol. The van der Waals surface area contributed by atoms with Gasteiger partial charge in [-0.05, 0) is 63.1 Å². The molecule has 0 unspecified atom stereocenters. The van der Waals surface area contributed by atoms with Crippen LogP contribution in [0, 0.1) is 13.8 Å². The van der Waals surface area contributed by atoms with E-state index in [2.05, 4.69) is 15.5 Å². The van der Waals surface area contributed by atoms with E-state index in [0.717, 1.165) is 17.0 Å². The third-order valence-electron chi connectivity index (χ3n) is 5.59. The second-order valence-corrected chi connectivity index (χ2v) is 8.25. The molecule has 0 spiro atoms. The van der Waals surface area contributed by atoms with Crippen molar-refractivity contribution in [2.75, 3.05) is 11.4 Å². The molecule has 0 bridgehead atoms. The highest BCUT2D eigenvalue weighted by Gasteiger charge is 2.37. The summed E-state index contributed by atoms with van der Waals surface area (Å²) in [5.41, 5.74) is 3.22. The Kier molecular flexibility index (Phi) is 5.61. The van der Waals surface area contributed by atoms with Crippen molar-refractivity contribution in [2.45, 2.75) is 40.2 Å². The van der Waals surface area contributed by atoms with E-state index in [0.29, 0.717) is 29.8 Å². The number of anilines is 1. The van der Waals surface area contributed by atoms with Crippen LogP contribution in [0.25, 0.3) is 0 Å². The van der Waals surface area contributed by atoms with Gasteiger partial charge in [0.25, 0.3) is 17.7 Å². The average molecular weight is 431 g/mol. The summed E-state index contributed by atoms with van der Waals surface area (Å²) in [7, 11) is 0. The van der Waals surface area contributed by atoms with Gasteiger partial charge in [-0.25, -0.2) is 4.90 Å². The predicted octanol–water partition coefficient (Wildman–Crippen LogP) is 3.25. The van der Waals surface area contributed by atoms with Gasteiger partial charge in [-0.15, -0.1) is 10.2 Å². The molecule has 4 rings (SSSR count). The van der Waals surface area contributed by atoms with Crippen molar-refractivity contribution in [3.8, 4) is 0 Å². The molecule has 1 aromatic heterocycles. The van der Waals surface area contributed by atoms with E-state index in [4.69, 9.17) is 0 Å². The molecule has 3 aromatic rings. The highest BCUT2D eigenvalue weighted by atomic mass is 16.2. The Bertz CT molecular complexity index is 1230. The number of hydrogen-bond donors (Lipinski definition) is 1. The molecule has 2 aromatic carbocycles. The minimum absolute atomic E-state index is 0.232. The first-order valence-corrected chi connectivity index (χ1v) is 10.5. The van der Waals surface area contributed by atoms with E-state index in [1.165, 1.54) is 11.0 Å². The van der Waals surface area contributed by atoms with Gasteiger partial charge in [0, 0.05) is 24.6 Å². The molecule has 0 atom stereocenters. The van der Waals surface area contributed by atoms with Crippen LogP contribution < -0.4 is 10.2 Å². The van der Waals surface area contributed by atoms with Crippen molar-refractivity contribution in [1.82, 2.24) is 20.1 Å². The molecule has 0 saturated carbocycles. The van der Waals surface area contributed by atoms with Gasteiger partial charge in [0.1, 0.15) is 12.2 Å². The number of aromatic nitrogens is 3. The van der Waals surface area contributed by atoms with Crippen molar-refractivity contribution < 1.29 is 14.4 Å². The summed E-state index contributed by atoms with van der Waals surface area (Å²) in [6.45, 7) is 8.22. The Morgan fingerprint density at radius 2 is 1.78 bits per heavy atom. The Labute approximate surface area is 186 Å². The summed E-state index contributed by atoms with van der Waals surface area (Å²) in [5.74, 6) is -0.315. The van der Waals surface area contributed by atoms with E-state index < -0.39 is 5.91 Å². The third kappa shape index (κ3) is 3.79. The lowest BCUT2D eigenvalue weighted by Gasteiger charge is -2.17. The number of fused-ring (bicyclic) bond motifs is 1. The van der Waals surface area contributed by atoms with Crippen molar-refractivity contribution >= 4 is 23.4 Å². The number of aryl methyl sites for hydroxylation is 2. The summed E-state index contributed by atoms with van der Waals surface area (Å²) in [4.78, 5) is 39.9. The zero-order valence-corrected chi connectivity index (χ0v) is 18.5. The van der Waals surface area contributed by atoms with E-state index in [1.807, 2.05) is 50.5 Å². The Morgan fingerprint density at radius 3 is 2.53 bits per heavy atom. The molecular formula is C24H25N5O3. The number of nitrogens with one attached hydrogen (secondary N) is 1. The summed E-state index contributed by atoms with van der Waals surface area (Å²) in [6.07, 6.45) is 2.21. The SMILES string of the molecule is Cc1ccc(C)c(N2C(=O)c3ccc(C(=O)NCCc4nncn4C(C)C)cc3C2=O)c1. The predicted molar refractivity (Wildman–Crippen MR) is 120 cm³/mol. The molecule has 1 aliphatic rings. The smallest absolute Gasteiger partial charge is 0.266 e. The minimum Gasteiger partial charge on any atom is -0.352 e. The first-order chi connectivity index (χ1) is 15.3. The van der Waals surface area contributed by atoms with Gasteiger partial charge in [-0.3, -0.25) is 14.4 Å².